The van der Waals surface area contributed by atoms with E-state index in [0.717, 1.165) is 42.9 Å². The van der Waals surface area contributed by atoms with Crippen LogP contribution in [0.5, 0.6) is 0 Å². The SMILES string of the molecule is CN1CCC(N(C)S(=O)(=O)c2ccc(Nc3nccc(C4CNc5ccc(F)cc54)n3)cc2)CC1. The van der Waals surface area contributed by atoms with Crippen LogP contribution in [0.25, 0.3) is 0 Å². The fraction of sp³-hybridized carbons (Fsp3) is 0.360. The number of halogens is 1. The lowest BCUT2D eigenvalue weighted by Crippen LogP contribution is -2.44. The lowest BCUT2D eigenvalue weighted by molar-refractivity contribution is 0.197. The summed E-state index contributed by atoms with van der Waals surface area (Å²) in [5.41, 5.74) is 3.24. The first-order chi connectivity index (χ1) is 16.8. The zero-order valence-corrected chi connectivity index (χ0v) is 20.6. The van der Waals surface area contributed by atoms with Crippen molar-refractivity contribution in [1.29, 1.82) is 0 Å². The normalized spacial score (nSPS) is 18.9. The van der Waals surface area contributed by atoms with Gasteiger partial charge in [-0.25, -0.2) is 22.8 Å². The van der Waals surface area contributed by atoms with Gasteiger partial charge in [-0.1, -0.05) is 0 Å². The van der Waals surface area contributed by atoms with Gasteiger partial charge in [-0.3, -0.25) is 0 Å². The van der Waals surface area contributed by atoms with Gasteiger partial charge in [0, 0.05) is 43.1 Å². The van der Waals surface area contributed by atoms with E-state index in [1.807, 2.05) is 6.07 Å². The first kappa shape index (κ1) is 23.7. The van der Waals surface area contributed by atoms with Gasteiger partial charge in [-0.05, 0) is 87.1 Å². The fourth-order valence-electron chi connectivity index (χ4n) is 4.76. The summed E-state index contributed by atoms with van der Waals surface area (Å²) in [5.74, 6) is 0.0413. The van der Waals surface area contributed by atoms with E-state index in [9.17, 15) is 12.8 Å². The number of sulfonamides is 1. The van der Waals surface area contributed by atoms with Crippen LogP contribution in [0, 0.1) is 5.82 Å². The molecule has 0 spiro atoms. The van der Waals surface area contributed by atoms with E-state index in [-0.39, 0.29) is 22.7 Å². The molecule has 2 aliphatic heterocycles. The van der Waals surface area contributed by atoms with Crippen LogP contribution in [0.4, 0.5) is 21.7 Å². The summed E-state index contributed by atoms with van der Waals surface area (Å²) in [6.45, 7) is 2.42. The Bertz CT molecular complexity index is 1310. The molecule has 0 aliphatic carbocycles. The van der Waals surface area contributed by atoms with E-state index in [1.54, 1.807) is 43.6 Å². The molecule has 1 aromatic heterocycles. The first-order valence-corrected chi connectivity index (χ1v) is 13.2. The van der Waals surface area contributed by atoms with Gasteiger partial charge in [0.1, 0.15) is 5.82 Å². The summed E-state index contributed by atoms with van der Waals surface area (Å²) in [6, 6.07) is 13.2. The van der Waals surface area contributed by atoms with Crippen LogP contribution < -0.4 is 10.6 Å². The van der Waals surface area contributed by atoms with Crippen molar-refractivity contribution in [2.45, 2.75) is 29.7 Å². The number of aromatic nitrogens is 2. The molecule has 1 atom stereocenters. The number of likely N-dealkylation sites (tertiary alicyclic amines) is 1. The summed E-state index contributed by atoms with van der Waals surface area (Å²) in [4.78, 5) is 11.4. The molecule has 1 unspecified atom stereocenters. The Labute approximate surface area is 205 Å². The van der Waals surface area contributed by atoms with Gasteiger partial charge >= 0.3 is 0 Å². The molecule has 3 heterocycles. The van der Waals surface area contributed by atoms with E-state index in [4.69, 9.17) is 0 Å². The molecule has 10 heteroatoms. The highest BCUT2D eigenvalue weighted by atomic mass is 32.2. The molecule has 35 heavy (non-hydrogen) atoms. The average molecular weight is 497 g/mol. The summed E-state index contributed by atoms with van der Waals surface area (Å²) < 4.78 is 41.6. The molecule has 184 valence electrons. The third kappa shape index (κ3) is 4.86. The molecule has 5 rings (SSSR count). The van der Waals surface area contributed by atoms with E-state index < -0.39 is 10.0 Å². The van der Waals surface area contributed by atoms with E-state index in [1.165, 1.54) is 16.4 Å². The smallest absolute Gasteiger partial charge is 0.243 e. The number of anilines is 3. The highest BCUT2D eigenvalue weighted by molar-refractivity contribution is 7.89. The second-order valence-corrected chi connectivity index (χ2v) is 11.2. The average Bonchev–Trinajstić information content (AvgIpc) is 3.28. The molecule has 0 radical (unpaired) electrons. The van der Waals surface area contributed by atoms with Crippen LogP contribution >= 0.6 is 0 Å². The summed E-state index contributed by atoms with van der Waals surface area (Å²) >= 11 is 0. The van der Waals surface area contributed by atoms with Crippen LogP contribution in [0.15, 0.2) is 59.6 Å². The largest absolute Gasteiger partial charge is 0.384 e. The Hall–Kier alpha value is -3.08. The van der Waals surface area contributed by atoms with Gasteiger partial charge in [0.15, 0.2) is 0 Å². The molecule has 2 aromatic carbocycles. The number of hydrogen-bond donors (Lipinski definition) is 2. The monoisotopic (exact) mass is 496 g/mol. The molecular formula is C25H29FN6O2S. The minimum absolute atomic E-state index is 0.00817. The zero-order valence-electron chi connectivity index (χ0n) is 19.8. The number of nitrogens with zero attached hydrogens (tertiary/aromatic N) is 4. The van der Waals surface area contributed by atoms with Gasteiger partial charge in [-0.2, -0.15) is 4.31 Å². The van der Waals surface area contributed by atoms with Crippen LogP contribution in [0.3, 0.4) is 0 Å². The maximum Gasteiger partial charge on any atom is 0.243 e. The number of hydrogen-bond acceptors (Lipinski definition) is 7. The molecule has 2 aliphatic rings. The van der Waals surface area contributed by atoms with Crippen LogP contribution in [0.2, 0.25) is 0 Å². The number of rotatable bonds is 6. The van der Waals surface area contributed by atoms with Crippen molar-refractivity contribution in [1.82, 2.24) is 19.2 Å². The number of benzene rings is 2. The van der Waals surface area contributed by atoms with E-state index in [2.05, 4.69) is 32.5 Å². The maximum absolute atomic E-state index is 13.8. The summed E-state index contributed by atoms with van der Waals surface area (Å²) in [7, 11) is 0.143. The predicted octanol–water partition coefficient (Wildman–Crippen LogP) is 3.63. The lowest BCUT2D eigenvalue weighted by Gasteiger charge is -2.34. The van der Waals surface area contributed by atoms with Gasteiger partial charge < -0.3 is 15.5 Å². The second kappa shape index (κ2) is 9.52. The van der Waals surface area contributed by atoms with Crippen molar-refractivity contribution in [2.75, 3.05) is 44.4 Å². The Morgan fingerprint density at radius 2 is 1.86 bits per heavy atom. The third-order valence-corrected chi connectivity index (χ3v) is 8.83. The topological polar surface area (TPSA) is 90.5 Å². The molecule has 0 saturated carbocycles. The van der Waals surface area contributed by atoms with Crippen molar-refractivity contribution in [3.63, 3.8) is 0 Å². The maximum atomic E-state index is 13.8. The van der Waals surface area contributed by atoms with Crippen LogP contribution in [-0.4, -0.2) is 67.4 Å². The number of nitrogens with one attached hydrogen (secondary N) is 2. The van der Waals surface area contributed by atoms with E-state index in [0.29, 0.717) is 18.2 Å². The summed E-state index contributed by atoms with van der Waals surface area (Å²) in [6.07, 6.45) is 3.32. The minimum Gasteiger partial charge on any atom is -0.384 e. The minimum atomic E-state index is -3.58. The van der Waals surface area contributed by atoms with Crippen molar-refractivity contribution in [3.8, 4) is 0 Å². The number of fused-ring (bicyclic) bond motifs is 1. The highest BCUT2D eigenvalue weighted by Crippen LogP contribution is 2.36. The Kier molecular flexibility index (Phi) is 6.43. The molecule has 8 nitrogen and oxygen atoms in total. The lowest BCUT2D eigenvalue weighted by atomic mass is 9.97. The quantitative estimate of drug-likeness (QED) is 0.539. The van der Waals surface area contributed by atoms with Gasteiger partial charge in [0.2, 0.25) is 16.0 Å². The fourth-order valence-corrected chi connectivity index (χ4v) is 6.17. The molecule has 0 amide bonds. The molecular weight excluding hydrogens is 467 g/mol. The zero-order chi connectivity index (χ0) is 24.6. The molecule has 1 fully saturated rings. The summed E-state index contributed by atoms with van der Waals surface area (Å²) in [5, 5.41) is 6.44. The van der Waals surface area contributed by atoms with Crippen molar-refractivity contribution >= 4 is 27.3 Å². The number of piperidine rings is 1. The van der Waals surface area contributed by atoms with E-state index >= 15 is 0 Å². The van der Waals surface area contributed by atoms with Crippen molar-refractivity contribution in [2.24, 2.45) is 0 Å². The van der Waals surface area contributed by atoms with Gasteiger partial charge in [0.25, 0.3) is 0 Å². The highest BCUT2D eigenvalue weighted by Gasteiger charge is 2.30. The predicted molar refractivity (Wildman–Crippen MR) is 134 cm³/mol. The van der Waals surface area contributed by atoms with Gasteiger partial charge in [-0.15, -0.1) is 0 Å². The molecule has 0 bridgehead atoms. The molecule has 1 saturated heterocycles. The first-order valence-electron chi connectivity index (χ1n) is 11.7. The Morgan fingerprint density at radius 3 is 2.60 bits per heavy atom. The van der Waals surface area contributed by atoms with Crippen molar-refractivity contribution < 1.29 is 12.8 Å². The van der Waals surface area contributed by atoms with Gasteiger partial charge in [0.05, 0.1) is 10.6 Å². The Balaban J connectivity index is 1.30. The van der Waals surface area contributed by atoms with Crippen LogP contribution in [0.1, 0.15) is 30.0 Å². The second-order valence-electron chi connectivity index (χ2n) is 9.18. The molecule has 2 N–H and O–H groups in total. The third-order valence-electron chi connectivity index (χ3n) is 6.91. The van der Waals surface area contributed by atoms with Crippen molar-refractivity contribution in [3.05, 3.63) is 71.8 Å². The van der Waals surface area contributed by atoms with Crippen LogP contribution in [-0.2, 0) is 10.0 Å². The Morgan fingerprint density at radius 1 is 1.11 bits per heavy atom. The molecule has 3 aromatic rings. The standard InChI is InChI=1S/C25H29FN6O2S/c1-31-13-10-19(11-14-31)32(2)35(33,34)20-6-4-18(5-7-20)29-25-27-12-9-24(30-25)22-16-28-23-8-3-17(26)15-21(22)23/h3-9,12,15,19,22,28H,10-11,13-14,16H2,1-2H3,(H,27,29,30).